The van der Waals surface area contributed by atoms with Crippen molar-refractivity contribution in [2.75, 3.05) is 18.4 Å². The highest BCUT2D eigenvalue weighted by atomic mass is 19.1. The van der Waals surface area contributed by atoms with Gasteiger partial charge in [0.25, 0.3) is 5.88 Å². The van der Waals surface area contributed by atoms with Crippen LogP contribution >= 0.6 is 0 Å². The fourth-order valence-electron chi connectivity index (χ4n) is 5.55. The molecule has 0 radical (unpaired) electrons. The van der Waals surface area contributed by atoms with Gasteiger partial charge in [0.2, 0.25) is 11.6 Å². The lowest BCUT2D eigenvalue weighted by atomic mass is 10.1. The molecule has 2 amide bonds. The second kappa shape index (κ2) is 19.2. The van der Waals surface area contributed by atoms with Crippen LogP contribution in [0.3, 0.4) is 0 Å². The molecule has 0 spiro atoms. The highest BCUT2D eigenvalue weighted by Gasteiger charge is 2.31. The number of pyridine rings is 1. The van der Waals surface area contributed by atoms with Gasteiger partial charge in [-0.25, -0.2) is 28.8 Å². The van der Waals surface area contributed by atoms with Crippen LogP contribution in [0.1, 0.15) is 71.9 Å². The van der Waals surface area contributed by atoms with Gasteiger partial charge in [0, 0.05) is 44.3 Å². The first-order chi connectivity index (χ1) is 28.0. The van der Waals surface area contributed by atoms with Crippen LogP contribution in [0.2, 0.25) is 0 Å². The number of nitrogens with one attached hydrogen (secondary N) is 1. The van der Waals surface area contributed by atoms with E-state index in [9.17, 15) is 14.9 Å². The molecular weight excluding hydrogens is 763 g/mol. The van der Waals surface area contributed by atoms with E-state index in [0.717, 1.165) is 16.7 Å². The number of hydrogen-bond acceptors (Lipinski definition) is 11. The van der Waals surface area contributed by atoms with E-state index in [1.54, 1.807) is 83.7 Å². The summed E-state index contributed by atoms with van der Waals surface area (Å²) in [6.45, 7) is 11.2. The molecule has 0 unspecified atom stereocenters. The number of aryl methyl sites for hydroxylation is 1. The predicted octanol–water partition coefficient (Wildman–Crippen LogP) is 10.5. The van der Waals surface area contributed by atoms with Gasteiger partial charge in [-0.3, -0.25) is 0 Å². The molecule has 0 bridgehead atoms. The summed E-state index contributed by atoms with van der Waals surface area (Å²) in [7, 11) is 1.77. The van der Waals surface area contributed by atoms with Crippen molar-refractivity contribution in [1.82, 2.24) is 19.4 Å². The molecule has 2 aromatic heterocycles. The van der Waals surface area contributed by atoms with E-state index in [2.05, 4.69) is 15.3 Å². The van der Waals surface area contributed by atoms with Crippen LogP contribution in [0.15, 0.2) is 85.3 Å². The molecule has 0 aliphatic heterocycles. The largest absolute Gasteiger partial charge is 0.485 e. The normalized spacial score (nSPS) is 11.3. The third-order valence-corrected chi connectivity index (χ3v) is 8.28. The molecule has 310 valence electrons. The molecule has 3 aromatic carbocycles. The molecule has 0 atom stereocenters. The van der Waals surface area contributed by atoms with Gasteiger partial charge in [0.15, 0.2) is 17.3 Å². The van der Waals surface area contributed by atoms with Crippen molar-refractivity contribution >= 4 is 17.9 Å². The highest BCUT2D eigenvalue weighted by molar-refractivity contribution is 5.88. The van der Waals surface area contributed by atoms with E-state index >= 15 is 8.78 Å². The number of unbranched alkanes of at least 4 members (excludes halogenated alkanes) is 2. The summed E-state index contributed by atoms with van der Waals surface area (Å²) >= 11 is 0. The van der Waals surface area contributed by atoms with Gasteiger partial charge >= 0.3 is 12.2 Å². The predicted molar refractivity (Wildman–Crippen MR) is 216 cm³/mol. The zero-order valence-electron chi connectivity index (χ0n) is 34.2. The molecule has 1 N–H and O–H groups in total. The van der Waals surface area contributed by atoms with Gasteiger partial charge in [-0.2, -0.15) is 9.65 Å². The summed E-state index contributed by atoms with van der Waals surface area (Å²) in [6.07, 6.45) is 4.40. The van der Waals surface area contributed by atoms with Crippen molar-refractivity contribution < 1.29 is 42.1 Å². The van der Waals surface area contributed by atoms with Gasteiger partial charge in [-0.05, 0) is 96.7 Å². The maximum absolute atomic E-state index is 16.1. The lowest BCUT2D eigenvalue weighted by Crippen LogP contribution is -2.44. The minimum Gasteiger partial charge on any atom is -0.485 e. The van der Waals surface area contributed by atoms with Gasteiger partial charge in [-0.1, -0.05) is 30.3 Å². The van der Waals surface area contributed by atoms with Crippen LogP contribution in [-0.4, -0.2) is 55.9 Å². The van der Waals surface area contributed by atoms with Crippen molar-refractivity contribution in [3.8, 4) is 46.3 Å². The summed E-state index contributed by atoms with van der Waals surface area (Å²) in [5.74, 6) is -2.88. The summed E-state index contributed by atoms with van der Waals surface area (Å²) in [4.78, 5) is 34.9. The molecule has 5 aromatic rings. The molecule has 59 heavy (non-hydrogen) atoms. The molecule has 0 aliphatic rings. The number of carbonyl (C=O) groups excluding carboxylic acids is 2. The van der Waals surface area contributed by atoms with Crippen LogP contribution in [0.5, 0.6) is 28.9 Å². The molecule has 15 heteroatoms. The third kappa shape index (κ3) is 12.4. The van der Waals surface area contributed by atoms with E-state index in [1.165, 1.54) is 18.2 Å². The molecule has 13 nitrogen and oxygen atoms in total. The molecule has 0 fully saturated rings. The SMILES string of the molecule is Cn1ccnc1-c1cc(NCCCCCN(C(=O)OC(C)(C)C)C(=O)OC(C)(C)C)ccc1Oc1c(F)cnc(Oc2cc(C#N)ccc2OCc2ccccc2)c1F. The lowest BCUT2D eigenvalue weighted by Gasteiger charge is -2.28. The molecular formula is C44H48F2N6O7. The number of nitriles is 1. The Morgan fingerprint density at radius 3 is 2.19 bits per heavy atom. The first kappa shape index (κ1) is 43.4. The Balaban J connectivity index is 1.29. The van der Waals surface area contributed by atoms with Gasteiger partial charge in [0.1, 0.15) is 29.4 Å². The van der Waals surface area contributed by atoms with E-state index in [0.29, 0.717) is 42.9 Å². The van der Waals surface area contributed by atoms with Crippen LogP contribution in [0.25, 0.3) is 11.4 Å². The van der Waals surface area contributed by atoms with Crippen molar-refractivity contribution in [3.05, 3.63) is 108 Å². The van der Waals surface area contributed by atoms with Gasteiger partial charge in [-0.15, -0.1) is 0 Å². The average Bonchev–Trinajstić information content (AvgIpc) is 3.61. The van der Waals surface area contributed by atoms with Crippen LogP contribution in [0.4, 0.5) is 24.1 Å². The van der Waals surface area contributed by atoms with Crippen molar-refractivity contribution in [3.63, 3.8) is 0 Å². The Bertz CT molecular complexity index is 2250. The van der Waals surface area contributed by atoms with Crippen LogP contribution in [0, 0.1) is 23.0 Å². The number of imidazole rings is 1. The molecule has 5 rings (SSSR count). The first-order valence-electron chi connectivity index (χ1n) is 19.0. The minimum atomic E-state index is -1.22. The van der Waals surface area contributed by atoms with Crippen LogP contribution < -0.4 is 19.5 Å². The Hall–Kier alpha value is -6.69. The first-order valence-corrected chi connectivity index (χ1v) is 19.0. The third-order valence-electron chi connectivity index (χ3n) is 8.28. The number of benzene rings is 3. The van der Waals surface area contributed by atoms with E-state index in [1.807, 2.05) is 36.4 Å². The number of ether oxygens (including phenoxy) is 5. The van der Waals surface area contributed by atoms with E-state index < -0.39 is 46.7 Å². The monoisotopic (exact) mass is 810 g/mol. The second-order valence-electron chi connectivity index (χ2n) is 15.5. The molecule has 0 aliphatic carbocycles. The minimum absolute atomic E-state index is 0.00326. The van der Waals surface area contributed by atoms with E-state index in [4.69, 9.17) is 23.7 Å². The molecule has 2 heterocycles. The van der Waals surface area contributed by atoms with Gasteiger partial charge in [0.05, 0.1) is 23.4 Å². The number of amides is 2. The number of nitrogens with zero attached hydrogens (tertiary/aromatic N) is 5. The number of hydrogen-bond donors (Lipinski definition) is 1. The van der Waals surface area contributed by atoms with Crippen molar-refractivity contribution in [2.45, 2.75) is 78.6 Å². The Kier molecular flexibility index (Phi) is 14.1. The summed E-state index contributed by atoms with van der Waals surface area (Å²) in [5.41, 5.74) is 0.632. The maximum atomic E-state index is 16.1. The average molecular weight is 811 g/mol. The summed E-state index contributed by atoms with van der Waals surface area (Å²) in [5, 5.41) is 12.9. The second-order valence-corrected chi connectivity index (χ2v) is 15.5. The van der Waals surface area contributed by atoms with Crippen LogP contribution in [-0.2, 0) is 23.1 Å². The zero-order valence-corrected chi connectivity index (χ0v) is 34.2. The Morgan fingerprint density at radius 2 is 1.54 bits per heavy atom. The van der Waals surface area contributed by atoms with Crippen molar-refractivity contribution in [2.24, 2.45) is 7.05 Å². The summed E-state index contributed by atoms with van der Waals surface area (Å²) < 4.78 is 61.7. The smallest absolute Gasteiger partial charge is 0.419 e. The number of carbonyl (C=O) groups is 2. The number of rotatable bonds is 15. The number of imide groups is 1. The lowest BCUT2D eigenvalue weighted by molar-refractivity contribution is 0.00118. The zero-order chi connectivity index (χ0) is 42.7. The fourth-order valence-corrected chi connectivity index (χ4v) is 5.55. The van der Waals surface area contributed by atoms with Gasteiger partial charge < -0.3 is 33.6 Å². The Labute approximate surface area is 342 Å². The van der Waals surface area contributed by atoms with Crippen molar-refractivity contribution in [1.29, 1.82) is 5.26 Å². The molecule has 0 saturated carbocycles. The fraction of sp³-hybridized carbons (Fsp3) is 0.341. The maximum Gasteiger partial charge on any atom is 0.419 e. The highest BCUT2D eigenvalue weighted by Crippen LogP contribution is 2.40. The standard InChI is InChI=1S/C44H48F2N6O7/c1-43(2,3)58-41(53)52(42(54)59-44(4,5)6)22-13-9-12-20-48-31-17-19-34(32(25-31)39-49-21-23-51(39)7)56-38-33(45)27-50-40(37(38)46)57-36-24-30(26-47)16-18-35(36)55-28-29-14-10-8-11-15-29/h8,10-11,14-19,21,23-25,27,48H,9,12-13,20,22,28H2,1-7H3. The molecule has 0 saturated heterocycles. The summed E-state index contributed by atoms with van der Waals surface area (Å²) in [6, 6.07) is 20.8. The quantitative estimate of drug-likeness (QED) is 0.101. The van der Waals surface area contributed by atoms with E-state index in [-0.39, 0.29) is 36.0 Å². The number of aromatic nitrogens is 3. The number of halogens is 2. The Morgan fingerprint density at radius 1 is 0.847 bits per heavy atom. The number of anilines is 1. The topological polar surface area (TPSA) is 150 Å².